The molecule has 0 aliphatic carbocycles. The minimum absolute atomic E-state index is 0.111. The highest BCUT2D eigenvalue weighted by Gasteiger charge is 2.47. The molecule has 116 valence electrons. The van der Waals surface area contributed by atoms with Crippen molar-refractivity contribution < 1.29 is 9.53 Å². The Hall–Kier alpha value is -1.47. The third-order valence-electron chi connectivity index (χ3n) is 4.83. The number of aryl methyl sites for hydroxylation is 1. The fourth-order valence-electron chi connectivity index (χ4n) is 3.30. The second-order valence-electron chi connectivity index (χ2n) is 6.43. The van der Waals surface area contributed by atoms with E-state index in [-0.39, 0.29) is 17.9 Å². The lowest BCUT2D eigenvalue weighted by molar-refractivity contribution is -0.143. The Balaban J connectivity index is 1.74. The van der Waals surface area contributed by atoms with E-state index < -0.39 is 5.41 Å². The van der Waals surface area contributed by atoms with Crippen LogP contribution in [0.15, 0.2) is 6.33 Å². The molecular formula is C14H23N5O2. The number of hydrogen-bond donors (Lipinski definition) is 1. The van der Waals surface area contributed by atoms with Gasteiger partial charge in [0.2, 0.25) is 5.91 Å². The Bertz CT molecular complexity index is 531. The summed E-state index contributed by atoms with van der Waals surface area (Å²) >= 11 is 0. The lowest BCUT2D eigenvalue weighted by atomic mass is 9.83. The van der Waals surface area contributed by atoms with Gasteiger partial charge < -0.3 is 19.9 Å². The summed E-state index contributed by atoms with van der Waals surface area (Å²) in [5, 5.41) is 8.13. The number of nitrogens with zero attached hydrogens (tertiary/aromatic N) is 4. The zero-order valence-electron chi connectivity index (χ0n) is 12.7. The molecule has 0 aromatic carbocycles. The van der Waals surface area contributed by atoms with Gasteiger partial charge >= 0.3 is 0 Å². The van der Waals surface area contributed by atoms with Crippen molar-refractivity contribution in [1.29, 1.82) is 0 Å². The maximum Gasteiger partial charge on any atom is 0.232 e. The monoisotopic (exact) mass is 293 g/mol. The largest absolute Gasteiger partial charge is 0.379 e. The maximum atomic E-state index is 12.9. The average Bonchev–Trinajstić information content (AvgIpc) is 3.06. The Morgan fingerprint density at radius 2 is 2.38 bits per heavy atom. The number of carbonyl (C=O) groups is 1. The molecular weight excluding hydrogens is 270 g/mol. The number of ether oxygens (including phenoxy) is 1. The molecule has 0 saturated carbocycles. The van der Waals surface area contributed by atoms with Crippen LogP contribution in [0.1, 0.15) is 31.5 Å². The third kappa shape index (κ3) is 2.44. The van der Waals surface area contributed by atoms with Crippen LogP contribution >= 0.6 is 0 Å². The van der Waals surface area contributed by atoms with Crippen molar-refractivity contribution in [3.63, 3.8) is 0 Å². The van der Waals surface area contributed by atoms with E-state index in [9.17, 15) is 4.79 Å². The van der Waals surface area contributed by atoms with Gasteiger partial charge in [-0.2, -0.15) is 0 Å². The van der Waals surface area contributed by atoms with Crippen molar-refractivity contribution in [2.24, 2.45) is 18.2 Å². The minimum Gasteiger partial charge on any atom is -0.379 e. The highest BCUT2D eigenvalue weighted by atomic mass is 16.5. The maximum absolute atomic E-state index is 12.9. The topological polar surface area (TPSA) is 86.3 Å². The van der Waals surface area contributed by atoms with Gasteiger partial charge in [0.1, 0.15) is 12.2 Å². The smallest absolute Gasteiger partial charge is 0.232 e. The number of nitrogens with two attached hydrogens (primary N) is 1. The molecule has 0 bridgehead atoms. The van der Waals surface area contributed by atoms with Crippen molar-refractivity contribution in [3.05, 3.63) is 12.2 Å². The van der Waals surface area contributed by atoms with E-state index in [1.807, 2.05) is 23.4 Å². The zero-order valence-corrected chi connectivity index (χ0v) is 12.7. The van der Waals surface area contributed by atoms with Crippen molar-refractivity contribution in [2.75, 3.05) is 26.3 Å². The number of rotatable bonds is 2. The highest BCUT2D eigenvalue weighted by molar-refractivity contribution is 5.84. The molecule has 2 fully saturated rings. The van der Waals surface area contributed by atoms with Crippen LogP contribution in [0.5, 0.6) is 0 Å². The van der Waals surface area contributed by atoms with E-state index in [0.29, 0.717) is 19.8 Å². The van der Waals surface area contributed by atoms with Crippen LogP contribution in [0, 0.1) is 5.41 Å². The minimum atomic E-state index is -0.595. The number of piperidine rings is 1. The van der Waals surface area contributed by atoms with E-state index in [1.54, 1.807) is 6.33 Å². The lowest BCUT2D eigenvalue weighted by Gasteiger charge is -2.38. The van der Waals surface area contributed by atoms with Crippen LogP contribution in [0.3, 0.4) is 0 Å². The summed E-state index contributed by atoms with van der Waals surface area (Å²) in [6.07, 6.45) is 3.73. The van der Waals surface area contributed by atoms with Gasteiger partial charge in [0.15, 0.2) is 0 Å². The second-order valence-corrected chi connectivity index (χ2v) is 6.43. The Kier molecular flexibility index (Phi) is 3.71. The van der Waals surface area contributed by atoms with Gasteiger partial charge in [-0.25, -0.2) is 0 Å². The summed E-state index contributed by atoms with van der Waals surface area (Å²) in [6, 6.07) is -0.222. The van der Waals surface area contributed by atoms with Crippen molar-refractivity contribution in [2.45, 2.75) is 31.7 Å². The molecule has 1 amide bonds. The number of hydrogen-bond acceptors (Lipinski definition) is 5. The molecule has 2 saturated heterocycles. The van der Waals surface area contributed by atoms with Gasteiger partial charge in [-0.3, -0.25) is 4.79 Å². The van der Waals surface area contributed by atoms with E-state index >= 15 is 0 Å². The van der Waals surface area contributed by atoms with Crippen molar-refractivity contribution in [3.8, 4) is 0 Å². The number of aromatic nitrogens is 3. The normalized spacial score (nSPS) is 33.4. The SMILES string of the molecule is Cn1cnnc1C1CCCN(C(=O)C2(C)COCC2N)C1. The van der Waals surface area contributed by atoms with Gasteiger partial charge in [0.05, 0.1) is 18.6 Å². The van der Waals surface area contributed by atoms with E-state index in [4.69, 9.17) is 10.5 Å². The third-order valence-corrected chi connectivity index (χ3v) is 4.83. The van der Waals surface area contributed by atoms with Crippen LogP contribution in [0.4, 0.5) is 0 Å². The molecule has 3 rings (SSSR count). The summed E-state index contributed by atoms with van der Waals surface area (Å²) in [4.78, 5) is 14.8. The number of likely N-dealkylation sites (tertiary alicyclic amines) is 1. The molecule has 7 heteroatoms. The highest BCUT2D eigenvalue weighted by Crippen LogP contribution is 2.33. The van der Waals surface area contributed by atoms with E-state index in [0.717, 1.165) is 25.2 Å². The predicted octanol–water partition coefficient (Wildman–Crippen LogP) is -0.115. The zero-order chi connectivity index (χ0) is 15.0. The van der Waals surface area contributed by atoms with Crippen LogP contribution in [0.25, 0.3) is 0 Å². The summed E-state index contributed by atoms with van der Waals surface area (Å²) in [6.45, 7) is 4.27. The lowest BCUT2D eigenvalue weighted by Crippen LogP contribution is -2.53. The molecule has 1 aromatic heterocycles. The van der Waals surface area contributed by atoms with Gasteiger partial charge in [-0.05, 0) is 19.8 Å². The summed E-state index contributed by atoms with van der Waals surface area (Å²) < 4.78 is 7.34. The van der Waals surface area contributed by atoms with Gasteiger partial charge in [-0.1, -0.05) is 0 Å². The van der Waals surface area contributed by atoms with Crippen LogP contribution < -0.4 is 5.73 Å². The molecule has 0 spiro atoms. The molecule has 7 nitrogen and oxygen atoms in total. The molecule has 2 aliphatic heterocycles. The average molecular weight is 293 g/mol. The summed E-state index contributed by atoms with van der Waals surface area (Å²) in [5.41, 5.74) is 5.48. The number of amides is 1. The van der Waals surface area contributed by atoms with Gasteiger partial charge in [0, 0.05) is 32.1 Å². The molecule has 2 aliphatic rings. The van der Waals surface area contributed by atoms with Crippen molar-refractivity contribution >= 4 is 5.91 Å². The molecule has 3 unspecified atom stereocenters. The quantitative estimate of drug-likeness (QED) is 0.822. The molecule has 3 atom stereocenters. The Labute approximate surface area is 124 Å². The molecule has 21 heavy (non-hydrogen) atoms. The molecule has 2 N–H and O–H groups in total. The first-order valence-electron chi connectivity index (χ1n) is 7.49. The van der Waals surface area contributed by atoms with Gasteiger partial charge in [0.25, 0.3) is 0 Å². The molecule has 3 heterocycles. The fraction of sp³-hybridized carbons (Fsp3) is 0.786. The first-order valence-corrected chi connectivity index (χ1v) is 7.49. The fourth-order valence-corrected chi connectivity index (χ4v) is 3.30. The van der Waals surface area contributed by atoms with Crippen LogP contribution in [-0.2, 0) is 16.6 Å². The van der Waals surface area contributed by atoms with Crippen LogP contribution in [0.2, 0.25) is 0 Å². The number of carbonyl (C=O) groups excluding carboxylic acids is 1. The van der Waals surface area contributed by atoms with Crippen LogP contribution in [-0.4, -0.2) is 57.9 Å². The van der Waals surface area contributed by atoms with E-state index in [1.165, 1.54) is 0 Å². The Morgan fingerprint density at radius 3 is 3.00 bits per heavy atom. The first kappa shape index (κ1) is 14.5. The van der Waals surface area contributed by atoms with Gasteiger partial charge in [-0.15, -0.1) is 10.2 Å². The standard InChI is InChI=1S/C14H23N5O2/c1-14(8-21-7-11(14)15)13(20)19-5-3-4-10(6-19)12-17-16-9-18(12)2/h9-11H,3-8,15H2,1-2H3. The van der Waals surface area contributed by atoms with E-state index in [2.05, 4.69) is 10.2 Å². The molecule has 0 radical (unpaired) electrons. The van der Waals surface area contributed by atoms with Crippen molar-refractivity contribution in [1.82, 2.24) is 19.7 Å². The Morgan fingerprint density at radius 1 is 1.57 bits per heavy atom. The second kappa shape index (κ2) is 5.38. The summed E-state index contributed by atoms with van der Waals surface area (Å²) in [7, 11) is 1.94. The predicted molar refractivity (Wildman–Crippen MR) is 76.5 cm³/mol. The summed E-state index contributed by atoms with van der Waals surface area (Å²) in [5.74, 6) is 1.31. The molecule has 1 aromatic rings. The first-order chi connectivity index (χ1) is 10.0.